The van der Waals surface area contributed by atoms with Gasteiger partial charge in [0.25, 0.3) is 0 Å². The van der Waals surface area contributed by atoms with Crippen LogP contribution in [-0.2, 0) is 4.79 Å². The second-order valence-electron chi connectivity index (χ2n) is 3.94. The van der Waals surface area contributed by atoms with Crippen LogP contribution in [0, 0.1) is 0 Å². The molecular formula is C11H12N4O. The fourth-order valence-corrected chi connectivity index (χ4v) is 2.05. The quantitative estimate of drug-likeness (QED) is 0.710. The number of Topliss-reactive ketones (excluding diaryl/α,β-unsaturated/α-hetero) is 1. The summed E-state index contributed by atoms with van der Waals surface area (Å²) in [6.45, 7) is 1.52. The summed E-state index contributed by atoms with van der Waals surface area (Å²) < 4.78 is 1.80. The molecule has 0 N–H and O–H groups in total. The van der Waals surface area contributed by atoms with E-state index in [0.717, 1.165) is 24.4 Å². The fourth-order valence-electron chi connectivity index (χ4n) is 2.05. The molecule has 1 aliphatic heterocycles. The van der Waals surface area contributed by atoms with Gasteiger partial charge in [-0.1, -0.05) is 0 Å². The van der Waals surface area contributed by atoms with Gasteiger partial charge in [0.1, 0.15) is 11.3 Å². The van der Waals surface area contributed by atoms with Crippen LogP contribution >= 0.6 is 0 Å². The van der Waals surface area contributed by atoms with Crippen LogP contribution in [0.25, 0.3) is 5.52 Å². The Morgan fingerprint density at radius 1 is 1.19 bits per heavy atom. The lowest BCUT2D eigenvalue weighted by atomic mass is 10.1. The maximum Gasteiger partial charge on any atom is 0.154 e. The topological polar surface area (TPSA) is 50.5 Å². The summed E-state index contributed by atoms with van der Waals surface area (Å²) in [6.07, 6.45) is 6.57. The Labute approximate surface area is 92.7 Å². The predicted molar refractivity (Wildman–Crippen MR) is 59.4 cm³/mol. The van der Waals surface area contributed by atoms with Gasteiger partial charge in [-0.05, 0) is 6.07 Å². The Kier molecular flexibility index (Phi) is 2.09. The highest BCUT2D eigenvalue weighted by molar-refractivity contribution is 5.82. The average Bonchev–Trinajstić information content (AvgIpc) is 2.78. The van der Waals surface area contributed by atoms with Gasteiger partial charge in [-0.25, -0.2) is 9.50 Å². The van der Waals surface area contributed by atoms with Gasteiger partial charge in [-0.2, -0.15) is 5.10 Å². The van der Waals surface area contributed by atoms with Crippen molar-refractivity contribution in [2.45, 2.75) is 12.8 Å². The van der Waals surface area contributed by atoms with E-state index in [1.807, 2.05) is 12.3 Å². The van der Waals surface area contributed by atoms with Crippen molar-refractivity contribution in [3.8, 4) is 0 Å². The minimum atomic E-state index is 0.344. The molecule has 0 aliphatic carbocycles. The first-order valence-electron chi connectivity index (χ1n) is 5.39. The number of hydrogen-bond donors (Lipinski definition) is 0. The van der Waals surface area contributed by atoms with Gasteiger partial charge >= 0.3 is 0 Å². The third-order valence-corrected chi connectivity index (χ3v) is 2.92. The molecule has 5 heteroatoms. The van der Waals surface area contributed by atoms with Crippen LogP contribution < -0.4 is 4.90 Å². The molecule has 3 heterocycles. The average molecular weight is 216 g/mol. The van der Waals surface area contributed by atoms with E-state index in [9.17, 15) is 4.79 Å². The lowest BCUT2D eigenvalue weighted by Crippen LogP contribution is -2.34. The maximum absolute atomic E-state index is 11.2. The van der Waals surface area contributed by atoms with Crippen molar-refractivity contribution in [2.24, 2.45) is 0 Å². The number of piperidine rings is 1. The Morgan fingerprint density at radius 3 is 2.81 bits per heavy atom. The Morgan fingerprint density at radius 2 is 2.00 bits per heavy atom. The molecule has 0 aromatic carbocycles. The van der Waals surface area contributed by atoms with E-state index < -0.39 is 0 Å². The normalized spacial score (nSPS) is 17.0. The summed E-state index contributed by atoms with van der Waals surface area (Å²) in [7, 11) is 0. The Balaban J connectivity index is 1.99. The third-order valence-electron chi connectivity index (χ3n) is 2.92. The van der Waals surface area contributed by atoms with Crippen LogP contribution in [0.2, 0.25) is 0 Å². The highest BCUT2D eigenvalue weighted by atomic mass is 16.1. The SMILES string of the molecule is O=C1CCN(c2nccn3nccc23)CC1. The molecule has 1 saturated heterocycles. The van der Waals surface area contributed by atoms with Crippen molar-refractivity contribution in [1.82, 2.24) is 14.6 Å². The summed E-state index contributed by atoms with van der Waals surface area (Å²) in [5.74, 6) is 1.27. The molecule has 1 fully saturated rings. The van der Waals surface area contributed by atoms with Gasteiger partial charge in [0, 0.05) is 38.3 Å². The van der Waals surface area contributed by atoms with Crippen LogP contribution in [0.3, 0.4) is 0 Å². The molecule has 2 aromatic rings. The second kappa shape index (κ2) is 3.59. The minimum absolute atomic E-state index is 0.344. The number of fused-ring (bicyclic) bond motifs is 1. The van der Waals surface area contributed by atoms with E-state index in [4.69, 9.17) is 0 Å². The molecule has 16 heavy (non-hydrogen) atoms. The number of carbonyl (C=O) groups is 1. The molecule has 0 radical (unpaired) electrons. The van der Waals surface area contributed by atoms with Crippen molar-refractivity contribution < 1.29 is 4.79 Å². The van der Waals surface area contributed by atoms with E-state index in [-0.39, 0.29) is 0 Å². The molecule has 82 valence electrons. The number of aromatic nitrogens is 3. The number of nitrogens with zero attached hydrogens (tertiary/aromatic N) is 4. The van der Waals surface area contributed by atoms with Crippen LogP contribution in [0.1, 0.15) is 12.8 Å². The number of anilines is 1. The smallest absolute Gasteiger partial charge is 0.154 e. The summed E-state index contributed by atoms with van der Waals surface area (Å²) in [5.41, 5.74) is 0.997. The molecule has 0 saturated carbocycles. The molecule has 1 aliphatic rings. The Hall–Kier alpha value is -1.91. The van der Waals surface area contributed by atoms with Crippen molar-refractivity contribution >= 4 is 17.1 Å². The zero-order valence-electron chi connectivity index (χ0n) is 8.83. The van der Waals surface area contributed by atoms with Gasteiger partial charge < -0.3 is 4.90 Å². The van der Waals surface area contributed by atoms with Crippen LogP contribution in [0.5, 0.6) is 0 Å². The number of ketones is 1. The predicted octanol–water partition coefficient (Wildman–Crippen LogP) is 0.899. The molecule has 5 nitrogen and oxygen atoms in total. The summed E-state index contributed by atoms with van der Waals surface area (Å²) in [4.78, 5) is 17.7. The molecule has 0 amide bonds. The third kappa shape index (κ3) is 1.44. The highest BCUT2D eigenvalue weighted by Gasteiger charge is 2.19. The van der Waals surface area contributed by atoms with Gasteiger partial charge in [-0.15, -0.1) is 0 Å². The van der Waals surface area contributed by atoms with E-state index >= 15 is 0 Å². The van der Waals surface area contributed by atoms with Gasteiger partial charge in [0.15, 0.2) is 5.82 Å². The number of hydrogen-bond acceptors (Lipinski definition) is 4. The molecular weight excluding hydrogens is 204 g/mol. The van der Waals surface area contributed by atoms with E-state index in [1.165, 1.54) is 0 Å². The first kappa shape index (κ1) is 9.33. The van der Waals surface area contributed by atoms with Crippen molar-refractivity contribution in [1.29, 1.82) is 0 Å². The largest absolute Gasteiger partial charge is 0.354 e. The summed E-state index contributed by atoms with van der Waals surface area (Å²) >= 11 is 0. The lowest BCUT2D eigenvalue weighted by molar-refractivity contribution is -0.119. The first-order chi connectivity index (χ1) is 7.84. The number of carbonyl (C=O) groups excluding carboxylic acids is 1. The zero-order chi connectivity index (χ0) is 11.0. The van der Waals surface area contributed by atoms with E-state index in [1.54, 1.807) is 16.9 Å². The molecule has 2 aromatic heterocycles. The lowest BCUT2D eigenvalue weighted by Gasteiger charge is -2.27. The fraction of sp³-hybridized carbons (Fsp3) is 0.364. The van der Waals surface area contributed by atoms with Crippen LogP contribution in [0.4, 0.5) is 5.82 Å². The maximum atomic E-state index is 11.2. The first-order valence-corrected chi connectivity index (χ1v) is 5.39. The van der Waals surface area contributed by atoms with Gasteiger partial charge in [-0.3, -0.25) is 4.79 Å². The standard InChI is InChI=1S/C11H12N4O/c16-9-2-6-14(7-3-9)11-10-1-4-13-15(10)8-5-12-11/h1,4-5,8H,2-3,6-7H2. The van der Waals surface area contributed by atoms with Crippen LogP contribution in [0.15, 0.2) is 24.7 Å². The van der Waals surface area contributed by atoms with Gasteiger partial charge in [0.2, 0.25) is 0 Å². The Bertz CT molecular complexity index is 524. The second-order valence-corrected chi connectivity index (χ2v) is 3.94. The molecule has 0 spiro atoms. The van der Waals surface area contributed by atoms with Crippen molar-refractivity contribution in [2.75, 3.05) is 18.0 Å². The summed E-state index contributed by atoms with van der Waals surface area (Å²) in [6, 6.07) is 1.94. The van der Waals surface area contributed by atoms with E-state index in [2.05, 4.69) is 15.0 Å². The van der Waals surface area contributed by atoms with Gasteiger partial charge in [0.05, 0.1) is 6.20 Å². The molecule has 0 atom stereocenters. The molecule has 0 unspecified atom stereocenters. The summed E-state index contributed by atoms with van der Waals surface area (Å²) in [5, 5.41) is 4.17. The number of rotatable bonds is 1. The van der Waals surface area contributed by atoms with Crippen LogP contribution in [-0.4, -0.2) is 33.5 Å². The minimum Gasteiger partial charge on any atom is -0.354 e. The zero-order valence-corrected chi connectivity index (χ0v) is 8.83. The highest BCUT2D eigenvalue weighted by Crippen LogP contribution is 2.20. The monoisotopic (exact) mass is 216 g/mol. The van der Waals surface area contributed by atoms with Crippen molar-refractivity contribution in [3.63, 3.8) is 0 Å². The molecule has 0 bridgehead atoms. The van der Waals surface area contributed by atoms with E-state index in [0.29, 0.717) is 18.6 Å². The van der Waals surface area contributed by atoms with Crippen molar-refractivity contribution in [3.05, 3.63) is 24.7 Å². The molecule has 3 rings (SSSR count).